The van der Waals surface area contributed by atoms with Crippen molar-refractivity contribution in [3.63, 3.8) is 0 Å². The Hall–Kier alpha value is -1.75. The number of ether oxygens (including phenoxy) is 1. The standard InChI is InChI=1S/C9H13N3O2/c1-12(11)8-5-6(9(13)14-2)3-4-7(8)10/h3-5H,10-11H2,1-2H3. The summed E-state index contributed by atoms with van der Waals surface area (Å²) in [5, 5.41) is 1.35. The summed E-state index contributed by atoms with van der Waals surface area (Å²) in [5.41, 5.74) is 7.19. The summed E-state index contributed by atoms with van der Waals surface area (Å²) in [4.78, 5) is 11.2. The number of rotatable bonds is 2. The van der Waals surface area contributed by atoms with E-state index < -0.39 is 5.97 Å². The van der Waals surface area contributed by atoms with Gasteiger partial charge in [-0.25, -0.2) is 10.6 Å². The van der Waals surface area contributed by atoms with Crippen LogP contribution < -0.4 is 16.6 Å². The lowest BCUT2D eigenvalue weighted by Crippen LogP contribution is -2.26. The molecule has 1 aromatic rings. The van der Waals surface area contributed by atoms with Crippen molar-refractivity contribution in [1.82, 2.24) is 0 Å². The molecule has 0 unspecified atom stereocenters. The van der Waals surface area contributed by atoms with E-state index in [1.165, 1.54) is 12.1 Å². The number of nitrogens with two attached hydrogens (primary N) is 2. The highest BCUT2D eigenvalue weighted by atomic mass is 16.5. The summed E-state index contributed by atoms with van der Waals surface area (Å²) < 4.78 is 4.57. The van der Waals surface area contributed by atoms with Gasteiger partial charge in [0.2, 0.25) is 0 Å². The topological polar surface area (TPSA) is 81.6 Å². The van der Waals surface area contributed by atoms with Crippen molar-refractivity contribution in [2.24, 2.45) is 5.84 Å². The molecular weight excluding hydrogens is 182 g/mol. The molecule has 0 saturated heterocycles. The van der Waals surface area contributed by atoms with Crippen molar-refractivity contribution < 1.29 is 9.53 Å². The summed E-state index contributed by atoms with van der Waals surface area (Å²) >= 11 is 0. The van der Waals surface area contributed by atoms with Crippen LogP contribution >= 0.6 is 0 Å². The largest absolute Gasteiger partial charge is 0.465 e. The fraction of sp³-hybridized carbons (Fsp3) is 0.222. The average Bonchev–Trinajstić information content (AvgIpc) is 2.17. The van der Waals surface area contributed by atoms with Gasteiger partial charge in [-0.3, -0.25) is 0 Å². The molecule has 14 heavy (non-hydrogen) atoms. The molecule has 0 amide bonds. The van der Waals surface area contributed by atoms with Crippen molar-refractivity contribution in [3.8, 4) is 0 Å². The lowest BCUT2D eigenvalue weighted by atomic mass is 10.1. The second kappa shape index (κ2) is 3.97. The van der Waals surface area contributed by atoms with Gasteiger partial charge in [-0.1, -0.05) is 0 Å². The highest BCUT2D eigenvalue weighted by Gasteiger charge is 2.09. The molecule has 0 radical (unpaired) electrons. The quantitative estimate of drug-likeness (QED) is 0.308. The molecule has 1 aromatic carbocycles. The molecule has 0 aliphatic rings. The highest BCUT2D eigenvalue weighted by Crippen LogP contribution is 2.21. The average molecular weight is 195 g/mol. The fourth-order valence-electron chi connectivity index (χ4n) is 1.09. The predicted octanol–water partition coefficient (Wildman–Crippen LogP) is 0.365. The number of hydrogen-bond donors (Lipinski definition) is 2. The molecule has 0 spiro atoms. The molecule has 0 heterocycles. The number of hydrogen-bond acceptors (Lipinski definition) is 5. The molecule has 4 N–H and O–H groups in total. The number of carbonyl (C=O) groups is 1. The Labute approximate surface area is 82.2 Å². The van der Waals surface area contributed by atoms with Crippen LogP contribution in [0.4, 0.5) is 11.4 Å². The Morgan fingerprint density at radius 1 is 1.50 bits per heavy atom. The molecule has 0 bridgehead atoms. The number of methoxy groups -OCH3 is 1. The second-order valence-corrected chi connectivity index (χ2v) is 2.88. The Kier molecular flexibility index (Phi) is 2.93. The lowest BCUT2D eigenvalue weighted by Gasteiger charge is -2.15. The molecular formula is C9H13N3O2. The minimum atomic E-state index is -0.409. The van der Waals surface area contributed by atoms with Gasteiger partial charge in [-0.05, 0) is 18.2 Å². The molecule has 76 valence electrons. The van der Waals surface area contributed by atoms with Gasteiger partial charge < -0.3 is 15.5 Å². The first-order chi connectivity index (χ1) is 6.56. The van der Waals surface area contributed by atoms with Gasteiger partial charge >= 0.3 is 5.97 Å². The van der Waals surface area contributed by atoms with E-state index in [1.54, 1.807) is 25.2 Å². The summed E-state index contributed by atoms with van der Waals surface area (Å²) in [6.07, 6.45) is 0. The van der Waals surface area contributed by atoms with Gasteiger partial charge in [0.15, 0.2) is 0 Å². The SMILES string of the molecule is COC(=O)c1ccc(N)c(N(C)N)c1. The van der Waals surface area contributed by atoms with Gasteiger partial charge in [0.05, 0.1) is 24.0 Å². The molecule has 0 aromatic heterocycles. The first kappa shape index (κ1) is 10.3. The third kappa shape index (κ3) is 1.94. The molecule has 1 rings (SSSR count). The van der Waals surface area contributed by atoms with Gasteiger partial charge in [0, 0.05) is 7.05 Å². The lowest BCUT2D eigenvalue weighted by molar-refractivity contribution is 0.0601. The number of nitrogens with zero attached hydrogens (tertiary/aromatic N) is 1. The maximum Gasteiger partial charge on any atom is 0.337 e. The van der Waals surface area contributed by atoms with Crippen LogP contribution in [0.15, 0.2) is 18.2 Å². The minimum absolute atomic E-state index is 0.409. The Morgan fingerprint density at radius 2 is 2.14 bits per heavy atom. The van der Waals surface area contributed by atoms with E-state index in [-0.39, 0.29) is 0 Å². The van der Waals surface area contributed by atoms with Crippen LogP contribution in [-0.4, -0.2) is 20.1 Å². The van der Waals surface area contributed by atoms with Gasteiger partial charge in [-0.15, -0.1) is 0 Å². The summed E-state index contributed by atoms with van der Waals surface area (Å²) in [6.45, 7) is 0. The predicted molar refractivity (Wildman–Crippen MR) is 54.8 cm³/mol. The monoisotopic (exact) mass is 195 g/mol. The van der Waals surface area contributed by atoms with Crippen molar-refractivity contribution in [3.05, 3.63) is 23.8 Å². The second-order valence-electron chi connectivity index (χ2n) is 2.88. The molecule has 5 nitrogen and oxygen atoms in total. The molecule has 0 aliphatic carbocycles. The maximum absolute atomic E-state index is 11.2. The Morgan fingerprint density at radius 3 is 2.64 bits per heavy atom. The number of carbonyl (C=O) groups excluding carboxylic acids is 1. The molecule has 0 aliphatic heterocycles. The molecule has 5 heteroatoms. The highest BCUT2D eigenvalue weighted by molar-refractivity contribution is 5.91. The molecule has 0 saturated carbocycles. The normalized spacial score (nSPS) is 9.64. The van der Waals surface area contributed by atoms with E-state index in [9.17, 15) is 4.79 Å². The smallest absolute Gasteiger partial charge is 0.337 e. The summed E-state index contributed by atoms with van der Waals surface area (Å²) in [7, 11) is 2.97. The van der Waals surface area contributed by atoms with Crippen LogP contribution in [0.25, 0.3) is 0 Å². The van der Waals surface area contributed by atoms with E-state index in [4.69, 9.17) is 11.6 Å². The Bertz CT molecular complexity index is 350. The first-order valence-corrected chi connectivity index (χ1v) is 4.02. The van der Waals surface area contributed by atoms with Crippen LogP contribution in [0.5, 0.6) is 0 Å². The van der Waals surface area contributed by atoms with Gasteiger partial charge in [-0.2, -0.15) is 0 Å². The van der Waals surface area contributed by atoms with Crippen LogP contribution in [-0.2, 0) is 4.74 Å². The summed E-state index contributed by atoms with van der Waals surface area (Å²) in [6, 6.07) is 4.79. The zero-order valence-corrected chi connectivity index (χ0v) is 8.15. The summed E-state index contributed by atoms with van der Waals surface area (Å²) in [5.74, 6) is 5.12. The third-order valence-electron chi connectivity index (χ3n) is 1.83. The van der Waals surface area contributed by atoms with Gasteiger partial charge in [0.1, 0.15) is 0 Å². The number of hydrazine groups is 1. The fourth-order valence-corrected chi connectivity index (χ4v) is 1.09. The number of benzene rings is 1. The minimum Gasteiger partial charge on any atom is -0.465 e. The van der Waals surface area contributed by atoms with E-state index in [0.29, 0.717) is 16.9 Å². The van der Waals surface area contributed by atoms with Crippen molar-refractivity contribution in [2.45, 2.75) is 0 Å². The zero-order chi connectivity index (χ0) is 10.7. The zero-order valence-electron chi connectivity index (χ0n) is 8.15. The number of anilines is 2. The first-order valence-electron chi connectivity index (χ1n) is 4.02. The van der Waals surface area contributed by atoms with Crippen LogP contribution in [0.3, 0.4) is 0 Å². The molecule has 0 fully saturated rings. The van der Waals surface area contributed by atoms with Crippen molar-refractivity contribution in [2.75, 3.05) is 24.9 Å². The van der Waals surface area contributed by atoms with E-state index in [0.717, 1.165) is 0 Å². The van der Waals surface area contributed by atoms with Crippen LogP contribution in [0, 0.1) is 0 Å². The third-order valence-corrected chi connectivity index (χ3v) is 1.83. The van der Waals surface area contributed by atoms with E-state index in [2.05, 4.69) is 4.74 Å². The van der Waals surface area contributed by atoms with E-state index >= 15 is 0 Å². The van der Waals surface area contributed by atoms with E-state index in [1.807, 2.05) is 0 Å². The van der Waals surface area contributed by atoms with Gasteiger partial charge in [0.25, 0.3) is 0 Å². The number of esters is 1. The van der Waals surface area contributed by atoms with Crippen molar-refractivity contribution >= 4 is 17.3 Å². The van der Waals surface area contributed by atoms with Crippen molar-refractivity contribution in [1.29, 1.82) is 0 Å². The van der Waals surface area contributed by atoms with Crippen LogP contribution in [0.2, 0.25) is 0 Å². The van der Waals surface area contributed by atoms with Crippen LogP contribution in [0.1, 0.15) is 10.4 Å². The maximum atomic E-state index is 11.2. The Balaban J connectivity index is 3.13. The molecule has 0 atom stereocenters. The number of nitrogen functional groups attached to an aromatic ring is 1.